The first-order chi connectivity index (χ1) is 22.0. The second-order valence-corrected chi connectivity index (χ2v) is 15.6. The van der Waals surface area contributed by atoms with Crippen LogP contribution in [-0.2, 0) is 16.6 Å². The van der Waals surface area contributed by atoms with Crippen LogP contribution in [0.5, 0.6) is 0 Å². The molecule has 0 unspecified atom stereocenters. The van der Waals surface area contributed by atoms with Gasteiger partial charge in [-0.1, -0.05) is 36.4 Å². The maximum absolute atomic E-state index is 14.3. The number of hydrogen-bond donors (Lipinski definition) is 2. The Balaban J connectivity index is 1.31. The summed E-state index contributed by atoms with van der Waals surface area (Å²) in [7, 11) is -2.51. The highest BCUT2D eigenvalue weighted by Crippen LogP contribution is 2.46. The predicted molar refractivity (Wildman–Crippen MR) is 179 cm³/mol. The molecule has 0 aliphatic heterocycles. The molecule has 1 aliphatic carbocycles. The number of benzene rings is 4. The van der Waals surface area contributed by atoms with E-state index in [2.05, 4.69) is 10.3 Å². The van der Waals surface area contributed by atoms with Crippen LogP contribution in [0, 0.1) is 5.82 Å². The van der Waals surface area contributed by atoms with Gasteiger partial charge in [-0.3, -0.25) is 9.78 Å². The van der Waals surface area contributed by atoms with E-state index in [1.54, 1.807) is 43.7 Å². The molecule has 0 atom stereocenters. The Kier molecular flexibility index (Phi) is 7.13. The SMILES string of the molecule is CP(C)(=O)c1cccc(-c2cc(C(=O)NC3(c4ccc(C(=O)O)cc4)CC3)c3c(ccn3Cc3ccc4c(F)ccnc4c3)c2)c1. The minimum absolute atomic E-state index is 0.190. The van der Waals surface area contributed by atoms with Crippen molar-refractivity contribution >= 4 is 46.1 Å². The Bertz CT molecular complexity index is 2230. The third-order valence-corrected chi connectivity index (χ3v) is 10.3. The number of aromatic carboxylic acids is 1. The van der Waals surface area contributed by atoms with Crippen molar-refractivity contribution in [2.75, 3.05) is 13.3 Å². The third kappa shape index (κ3) is 5.50. The Morgan fingerprint density at radius 3 is 2.46 bits per heavy atom. The summed E-state index contributed by atoms with van der Waals surface area (Å²) >= 11 is 0. The van der Waals surface area contributed by atoms with E-state index in [0.29, 0.717) is 23.0 Å². The number of carboxylic acids is 1. The van der Waals surface area contributed by atoms with Crippen molar-refractivity contribution in [3.8, 4) is 11.1 Å². The van der Waals surface area contributed by atoms with Gasteiger partial charge in [0.15, 0.2) is 0 Å². The summed E-state index contributed by atoms with van der Waals surface area (Å²) in [5.74, 6) is -1.58. The van der Waals surface area contributed by atoms with Crippen molar-refractivity contribution in [2.24, 2.45) is 0 Å². The lowest BCUT2D eigenvalue weighted by molar-refractivity contribution is 0.0696. The zero-order chi connectivity index (χ0) is 32.2. The molecule has 4 aromatic carbocycles. The van der Waals surface area contributed by atoms with Crippen LogP contribution in [0.1, 0.15) is 44.7 Å². The summed E-state index contributed by atoms with van der Waals surface area (Å²) < 4.78 is 29.2. The van der Waals surface area contributed by atoms with Gasteiger partial charge in [-0.05, 0) is 103 Å². The fraction of sp³-hybridized carbons (Fsp3) is 0.162. The monoisotopic (exact) mass is 631 g/mol. The molecule has 230 valence electrons. The number of hydrogen-bond acceptors (Lipinski definition) is 4. The highest BCUT2D eigenvalue weighted by atomic mass is 31.2. The molecular weight excluding hydrogens is 600 g/mol. The average Bonchev–Trinajstić information content (AvgIpc) is 3.72. The van der Waals surface area contributed by atoms with Crippen LogP contribution >= 0.6 is 7.14 Å². The van der Waals surface area contributed by atoms with Gasteiger partial charge in [-0.15, -0.1) is 0 Å². The molecule has 2 heterocycles. The number of pyridine rings is 1. The van der Waals surface area contributed by atoms with Gasteiger partial charge < -0.3 is 19.6 Å². The number of carbonyl (C=O) groups excluding carboxylic acids is 1. The molecule has 6 aromatic rings. The molecule has 1 aliphatic rings. The van der Waals surface area contributed by atoms with Gasteiger partial charge in [-0.25, -0.2) is 9.18 Å². The third-order valence-electron chi connectivity index (χ3n) is 8.80. The Labute approximate surface area is 265 Å². The maximum Gasteiger partial charge on any atom is 0.335 e. The minimum atomic E-state index is -2.51. The predicted octanol–water partition coefficient (Wildman–Crippen LogP) is 7.41. The van der Waals surface area contributed by atoms with Crippen molar-refractivity contribution in [3.05, 3.63) is 131 Å². The number of carboxylic acid groups (broad SMARTS) is 1. The summed E-state index contributed by atoms with van der Waals surface area (Å²) in [5.41, 5.74) is 4.85. The van der Waals surface area contributed by atoms with Crippen molar-refractivity contribution in [3.63, 3.8) is 0 Å². The molecule has 1 saturated carbocycles. The van der Waals surface area contributed by atoms with E-state index in [-0.39, 0.29) is 17.3 Å². The van der Waals surface area contributed by atoms with Crippen molar-refractivity contribution in [1.82, 2.24) is 14.9 Å². The second kappa shape index (κ2) is 11.1. The van der Waals surface area contributed by atoms with Gasteiger partial charge in [0.05, 0.1) is 27.7 Å². The highest BCUT2D eigenvalue weighted by molar-refractivity contribution is 7.70. The lowest BCUT2D eigenvalue weighted by atomic mass is 9.98. The first kappa shape index (κ1) is 29.6. The Morgan fingerprint density at radius 2 is 1.74 bits per heavy atom. The van der Waals surface area contributed by atoms with Gasteiger partial charge in [0.25, 0.3) is 5.91 Å². The Morgan fingerprint density at radius 1 is 0.957 bits per heavy atom. The quantitative estimate of drug-likeness (QED) is 0.171. The molecular formula is C37H31FN3O4P. The van der Waals surface area contributed by atoms with Gasteiger partial charge in [-0.2, -0.15) is 0 Å². The van der Waals surface area contributed by atoms with E-state index >= 15 is 0 Å². The van der Waals surface area contributed by atoms with Crippen LogP contribution in [-0.4, -0.2) is 39.9 Å². The number of fused-ring (bicyclic) bond motifs is 2. The number of halogens is 1. The Hall–Kier alpha value is -5.07. The van der Waals surface area contributed by atoms with Crippen LogP contribution in [0.3, 0.4) is 0 Å². The highest BCUT2D eigenvalue weighted by Gasteiger charge is 2.46. The van der Waals surface area contributed by atoms with Crippen LogP contribution in [0.15, 0.2) is 103 Å². The zero-order valence-electron chi connectivity index (χ0n) is 25.3. The van der Waals surface area contributed by atoms with E-state index in [4.69, 9.17) is 0 Å². The topological polar surface area (TPSA) is 101 Å². The first-order valence-electron chi connectivity index (χ1n) is 15.0. The molecule has 0 saturated heterocycles. The van der Waals surface area contributed by atoms with Gasteiger partial charge in [0.1, 0.15) is 13.0 Å². The van der Waals surface area contributed by atoms with E-state index in [9.17, 15) is 23.7 Å². The molecule has 7 nitrogen and oxygen atoms in total. The molecule has 2 N–H and O–H groups in total. The molecule has 1 fully saturated rings. The molecule has 7 rings (SSSR count). The van der Waals surface area contributed by atoms with Gasteiger partial charge in [0, 0.05) is 35.0 Å². The summed E-state index contributed by atoms with van der Waals surface area (Å²) in [4.78, 5) is 30.0. The van der Waals surface area contributed by atoms with E-state index < -0.39 is 18.7 Å². The lowest BCUT2D eigenvalue weighted by Gasteiger charge is -2.20. The van der Waals surface area contributed by atoms with Crippen molar-refractivity contribution < 1.29 is 23.7 Å². The van der Waals surface area contributed by atoms with E-state index in [0.717, 1.165) is 51.3 Å². The van der Waals surface area contributed by atoms with Crippen molar-refractivity contribution in [1.29, 1.82) is 0 Å². The summed E-state index contributed by atoms with van der Waals surface area (Å²) in [6, 6.07) is 27.0. The van der Waals surface area contributed by atoms with E-state index in [1.807, 2.05) is 65.4 Å². The standard InChI is InChI=1S/C37H31FN3O4P/c1-46(2,45)29-5-3-4-25(20-29)27-19-26-13-17-41(22-23-6-11-30-32(38)12-16-39-33(30)18-23)34(26)31(21-27)35(42)40-37(14-15-37)28-9-7-24(8-10-28)36(43)44/h3-13,16-21H,14-15,22H2,1-2H3,(H,40,42)(H,43,44). The minimum Gasteiger partial charge on any atom is -0.478 e. The van der Waals surface area contributed by atoms with Gasteiger partial charge in [0.2, 0.25) is 0 Å². The van der Waals surface area contributed by atoms with Crippen LogP contribution < -0.4 is 10.6 Å². The molecule has 0 bridgehead atoms. The number of nitrogens with zero attached hydrogens (tertiary/aromatic N) is 2. The maximum atomic E-state index is 14.3. The zero-order valence-corrected chi connectivity index (χ0v) is 26.2. The molecule has 9 heteroatoms. The molecule has 1 amide bonds. The molecule has 0 spiro atoms. The van der Waals surface area contributed by atoms with E-state index in [1.165, 1.54) is 12.3 Å². The fourth-order valence-corrected chi connectivity index (χ4v) is 7.02. The van der Waals surface area contributed by atoms with Crippen LogP contribution in [0.2, 0.25) is 0 Å². The molecule has 0 radical (unpaired) electrons. The summed E-state index contributed by atoms with van der Waals surface area (Å²) in [5, 5.41) is 14.7. The van der Waals surface area contributed by atoms with Crippen LogP contribution in [0.25, 0.3) is 32.9 Å². The number of amides is 1. The van der Waals surface area contributed by atoms with Crippen molar-refractivity contribution in [2.45, 2.75) is 24.9 Å². The number of carbonyl (C=O) groups is 2. The van der Waals surface area contributed by atoms with Gasteiger partial charge >= 0.3 is 5.97 Å². The number of rotatable bonds is 8. The second-order valence-electron chi connectivity index (χ2n) is 12.4. The molecule has 2 aromatic heterocycles. The summed E-state index contributed by atoms with van der Waals surface area (Å²) in [6.07, 6.45) is 4.86. The summed E-state index contributed by atoms with van der Waals surface area (Å²) in [6.45, 7) is 3.91. The average molecular weight is 632 g/mol. The fourth-order valence-electron chi connectivity index (χ4n) is 6.12. The first-order valence-corrected chi connectivity index (χ1v) is 17.6. The molecule has 46 heavy (non-hydrogen) atoms. The lowest BCUT2D eigenvalue weighted by Crippen LogP contribution is -2.35. The number of aromatic nitrogens is 2. The number of nitrogens with one attached hydrogen (secondary N) is 1. The normalized spacial score (nSPS) is 14.0. The van der Waals surface area contributed by atoms with Crippen LogP contribution in [0.4, 0.5) is 4.39 Å². The largest absolute Gasteiger partial charge is 0.478 e. The smallest absolute Gasteiger partial charge is 0.335 e.